The number of hydrogen-bond acceptors (Lipinski definition) is 1. The first kappa shape index (κ1) is 9.53. The third kappa shape index (κ3) is 1.61. The van der Waals surface area contributed by atoms with Crippen molar-refractivity contribution < 1.29 is 5.11 Å². The number of aliphatic hydroxyl groups is 1. The highest BCUT2D eigenvalue weighted by atomic mass is 79.9. The molecule has 0 atom stereocenters. The molecule has 1 N–H and O–H groups in total. The van der Waals surface area contributed by atoms with Gasteiger partial charge in [-0.2, -0.15) is 0 Å². The van der Waals surface area contributed by atoms with Gasteiger partial charge in [0.05, 0.1) is 13.2 Å². The molecule has 1 rings (SSSR count). The lowest BCUT2D eigenvalue weighted by Crippen LogP contribution is -1.86. The van der Waals surface area contributed by atoms with Crippen molar-refractivity contribution >= 4 is 33.2 Å². The highest BCUT2D eigenvalue weighted by Gasteiger charge is 2.08. The van der Waals surface area contributed by atoms with Crippen molar-refractivity contribution in [1.82, 2.24) is 0 Å². The maximum atomic E-state index is 8.90. The molecule has 0 saturated heterocycles. The lowest BCUT2D eigenvalue weighted by atomic mass is 10.2. The zero-order valence-electron chi connectivity index (χ0n) is 6.01. The Morgan fingerprint density at radius 2 is 2.25 bits per heavy atom. The van der Waals surface area contributed by atoms with E-state index in [1.807, 2.05) is 0 Å². The zero-order valence-corrected chi connectivity index (χ0v) is 8.35. The molecular formula is C8H5BrClNO. The molecule has 0 aliphatic heterocycles. The molecule has 0 saturated carbocycles. The molecular weight excluding hydrogens is 241 g/mol. The van der Waals surface area contributed by atoms with Gasteiger partial charge in [-0.3, -0.25) is 0 Å². The van der Waals surface area contributed by atoms with Crippen molar-refractivity contribution in [2.75, 3.05) is 0 Å². The van der Waals surface area contributed by atoms with Crippen LogP contribution in [0.1, 0.15) is 5.56 Å². The summed E-state index contributed by atoms with van der Waals surface area (Å²) in [5, 5.41) is 9.37. The summed E-state index contributed by atoms with van der Waals surface area (Å²) in [6.45, 7) is 6.63. The zero-order chi connectivity index (χ0) is 9.14. The van der Waals surface area contributed by atoms with Gasteiger partial charge in [0.15, 0.2) is 0 Å². The average molecular weight is 246 g/mol. The first-order valence-electron chi connectivity index (χ1n) is 3.16. The van der Waals surface area contributed by atoms with Crippen LogP contribution in [0.5, 0.6) is 0 Å². The third-order valence-electron chi connectivity index (χ3n) is 1.44. The maximum absolute atomic E-state index is 8.90. The van der Waals surface area contributed by atoms with Gasteiger partial charge in [-0.1, -0.05) is 39.7 Å². The molecule has 4 heteroatoms. The Hall–Kier alpha value is -0.560. The molecule has 0 amide bonds. The average Bonchev–Trinajstić information content (AvgIpc) is 2.06. The van der Waals surface area contributed by atoms with Gasteiger partial charge in [0, 0.05) is 9.50 Å². The molecule has 1 aromatic carbocycles. The standard InChI is InChI=1S/C8H5BrClNO/c1-11-7-3-2-6(10)5(4-12)8(7)9/h2-3,12H,4H2. The van der Waals surface area contributed by atoms with Crippen molar-refractivity contribution in [2.45, 2.75) is 6.61 Å². The quantitative estimate of drug-likeness (QED) is 0.757. The number of rotatable bonds is 1. The second-order valence-corrected chi connectivity index (χ2v) is 3.33. The van der Waals surface area contributed by atoms with Crippen molar-refractivity contribution in [3.8, 4) is 0 Å². The monoisotopic (exact) mass is 245 g/mol. The second-order valence-electron chi connectivity index (χ2n) is 2.13. The molecule has 0 bridgehead atoms. The van der Waals surface area contributed by atoms with Crippen molar-refractivity contribution in [3.05, 3.63) is 38.6 Å². The summed E-state index contributed by atoms with van der Waals surface area (Å²) in [7, 11) is 0. The first-order chi connectivity index (χ1) is 5.70. The predicted octanol–water partition coefficient (Wildman–Crippen LogP) is 3.15. The number of nitrogens with zero attached hydrogens (tertiary/aromatic N) is 1. The normalized spacial score (nSPS) is 9.50. The number of aliphatic hydroxyl groups excluding tert-OH is 1. The summed E-state index contributed by atoms with van der Waals surface area (Å²) < 4.78 is 0.576. The fourth-order valence-corrected chi connectivity index (χ4v) is 1.71. The molecule has 12 heavy (non-hydrogen) atoms. The molecule has 2 nitrogen and oxygen atoms in total. The van der Waals surface area contributed by atoms with E-state index in [4.69, 9.17) is 23.3 Å². The fourth-order valence-electron chi connectivity index (χ4n) is 0.817. The number of benzene rings is 1. The second kappa shape index (κ2) is 3.90. The predicted molar refractivity (Wildman–Crippen MR) is 51.3 cm³/mol. The topological polar surface area (TPSA) is 24.6 Å². The van der Waals surface area contributed by atoms with Gasteiger partial charge < -0.3 is 5.11 Å². The first-order valence-corrected chi connectivity index (χ1v) is 4.33. The van der Waals surface area contributed by atoms with E-state index in [1.165, 1.54) is 0 Å². The van der Waals surface area contributed by atoms with E-state index in [9.17, 15) is 0 Å². The Morgan fingerprint density at radius 3 is 2.75 bits per heavy atom. The summed E-state index contributed by atoms with van der Waals surface area (Å²) in [6.07, 6.45) is 0. The van der Waals surface area contributed by atoms with Crippen LogP contribution in [0, 0.1) is 6.57 Å². The minimum Gasteiger partial charge on any atom is -0.392 e. The molecule has 0 aliphatic rings. The lowest BCUT2D eigenvalue weighted by Gasteiger charge is -2.04. The largest absolute Gasteiger partial charge is 0.392 e. The van der Waals surface area contributed by atoms with Crippen molar-refractivity contribution in [2.24, 2.45) is 0 Å². The van der Waals surface area contributed by atoms with Crippen LogP contribution < -0.4 is 0 Å². The summed E-state index contributed by atoms with van der Waals surface area (Å²) in [5.74, 6) is 0. The molecule has 0 fully saturated rings. The molecule has 0 unspecified atom stereocenters. The third-order valence-corrected chi connectivity index (χ3v) is 2.68. The highest BCUT2D eigenvalue weighted by molar-refractivity contribution is 9.10. The van der Waals surface area contributed by atoms with E-state index < -0.39 is 0 Å². The van der Waals surface area contributed by atoms with Gasteiger partial charge in [0.25, 0.3) is 0 Å². The number of halogens is 2. The van der Waals surface area contributed by atoms with E-state index >= 15 is 0 Å². The number of hydrogen-bond donors (Lipinski definition) is 1. The summed E-state index contributed by atoms with van der Waals surface area (Å²) in [4.78, 5) is 3.25. The summed E-state index contributed by atoms with van der Waals surface area (Å²) >= 11 is 8.96. The van der Waals surface area contributed by atoms with Crippen LogP contribution in [-0.4, -0.2) is 5.11 Å². The van der Waals surface area contributed by atoms with Gasteiger partial charge in [0.1, 0.15) is 0 Å². The molecule has 1 aromatic rings. The van der Waals surface area contributed by atoms with E-state index in [0.717, 1.165) is 0 Å². The van der Waals surface area contributed by atoms with Gasteiger partial charge in [-0.15, -0.1) is 0 Å². The Balaban J connectivity index is 3.36. The molecule has 0 heterocycles. The lowest BCUT2D eigenvalue weighted by molar-refractivity contribution is 0.281. The van der Waals surface area contributed by atoms with Crippen LogP contribution in [0.15, 0.2) is 16.6 Å². The van der Waals surface area contributed by atoms with Gasteiger partial charge in [0.2, 0.25) is 5.69 Å². The van der Waals surface area contributed by atoms with Gasteiger partial charge in [-0.05, 0) is 5.56 Å². The highest BCUT2D eigenvalue weighted by Crippen LogP contribution is 2.33. The Bertz CT molecular complexity index is 346. The summed E-state index contributed by atoms with van der Waals surface area (Å²) in [5.41, 5.74) is 1.02. The van der Waals surface area contributed by atoms with Crippen LogP contribution in [0.3, 0.4) is 0 Å². The van der Waals surface area contributed by atoms with Crippen LogP contribution in [0.25, 0.3) is 4.85 Å². The van der Waals surface area contributed by atoms with Crippen LogP contribution in [0.2, 0.25) is 5.02 Å². The SMILES string of the molecule is [C-]#[N+]c1ccc(Cl)c(CO)c1Br. The minimum atomic E-state index is -0.164. The Kier molecular flexibility index (Phi) is 3.10. The van der Waals surface area contributed by atoms with E-state index in [1.54, 1.807) is 12.1 Å². The smallest absolute Gasteiger partial charge is 0.201 e. The molecule has 62 valence electrons. The minimum absolute atomic E-state index is 0.164. The molecule has 0 spiro atoms. The van der Waals surface area contributed by atoms with Crippen LogP contribution in [0.4, 0.5) is 5.69 Å². The van der Waals surface area contributed by atoms with E-state index in [-0.39, 0.29) is 6.61 Å². The Labute approximate surface area is 83.7 Å². The van der Waals surface area contributed by atoms with E-state index in [2.05, 4.69) is 20.8 Å². The summed E-state index contributed by atoms with van der Waals surface area (Å²) in [6, 6.07) is 3.21. The van der Waals surface area contributed by atoms with Crippen molar-refractivity contribution in [3.63, 3.8) is 0 Å². The van der Waals surface area contributed by atoms with Gasteiger partial charge in [-0.25, -0.2) is 4.85 Å². The van der Waals surface area contributed by atoms with Gasteiger partial charge >= 0.3 is 0 Å². The maximum Gasteiger partial charge on any atom is 0.201 e. The molecule has 0 aliphatic carbocycles. The van der Waals surface area contributed by atoms with Crippen LogP contribution in [-0.2, 0) is 6.61 Å². The van der Waals surface area contributed by atoms with E-state index in [0.29, 0.717) is 20.7 Å². The Morgan fingerprint density at radius 1 is 1.58 bits per heavy atom. The molecule has 0 aromatic heterocycles. The van der Waals surface area contributed by atoms with Crippen LogP contribution >= 0.6 is 27.5 Å². The fraction of sp³-hybridized carbons (Fsp3) is 0.125. The molecule has 0 radical (unpaired) electrons. The van der Waals surface area contributed by atoms with Crippen molar-refractivity contribution in [1.29, 1.82) is 0 Å².